The van der Waals surface area contributed by atoms with Gasteiger partial charge in [0, 0.05) is 0 Å². The topological polar surface area (TPSA) is 85.0 Å². The number of hydrogen-bond donors (Lipinski definition) is 0. The molecule has 0 unspecified atom stereocenters. The average molecular weight is 660 g/mol. The molecule has 0 saturated carbocycles. The van der Waals surface area contributed by atoms with Gasteiger partial charge in [-0.05, 0) is 0 Å². The van der Waals surface area contributed by atoms with Gasteiger partial charge >= 0.3 is 235 Å². The first-order chi connectivity index (χ1) is 20.0. The Bertz CT molecular complexity index is 2410. The molecule has 0 saturated heterocycles. The summed E-state index contributed by atoms with van der Waals surface area (Å²) < 4.78 is 13.8. The maximum absolute atomic E-state index is 10.1. The van der Waals surface area contributed by atoms with Crippen LogP contribution in [0.1, 0.15) is 32.1 Å². The van der Waals surface area contributed by atoms with Gasteiger partial charge in [0.25, 0.3) is 0 Å². The number of ether oxygens (including phenoxy) is 1. The SMILES string of the molecule is CC.CC1(C)OC(=C(C#N)C#N)C(C#N)=C1c1cc2[se]c3c(c4cccc5ccc6c7ccccc7n3c6c54)c2[se]1. The molecule has 1 aliphatic heterocycles. The molecule has 0 bridgehead atoms. The van der Waals surface area contributed by atoms with Gasteiger partial charge in [-0.3, -0.25) is 0 Å². The second-order valence-electron chi connectivity index (χ2n) is 10.2. The number of nitriles is 3. The molecule has 41 heavy (non-hydrogen) atoms. The molecule has 0 spiro atoms. The summed E-state index contributed by atoms with van der Waals surface area (Å²) in [7, 11) is 0. The maximum atomic E-state index is 10.1. The van der Waals surface area contributed by atoms with Crippen LogP contribution in [0.2, 0.25) is 0 Å². The second-order valence-corrected chi connectivity index (χ2v) is 14.6. The zero-order chi connectivity index (χ0) is 28.6. The first-order valence-electron chi connectivity index (χ1n) is 13.4. The Morgan fingerprint density at radius 1 is 0.854 bits per heavy atom. The summed E-state index contributed by atoms with van der Waals surface area (Å²) >= 11 is 0.0242. The third-order valence-electron chi connectivity index (χ3n) is 7.74. The number of para-hydroxylation sites is 1. The summed E-state index contributed by atoms with van der Waals surface area (Å²) in [4.78, 5) is 0. The molecule has 5 nitrogen and oxygen atoms in total. The molecule has 0 radical (unpaired) electrons. The molecule has 0 amide bonds. The number of pyridine rings is 1. The van der Waals surface area contributed by atoms with Crippen LogP contribution in [0, 0.1) is 34.0 Å². The van der Waals surface area contributed by atoms with Crippen molar-refractivity contribution in [3.8, 4) is 18.2 Å². The van der Waals surface area contributed by atoms with Gasteiger partial charge in [0.15, 0.2) is 0 Å². The molecule has 4 aromatic heterocycles. The fraction of sp³-hybridized carbons (Fsp3) is 0.147. The standard InChI is InChI=1S/C32H16N4OSe2.C2H6/c1-32(2)27(21(15-35)29(37-32)17(13-33)14-34)23-12-24-30(38-23)26-20-8-5-6-16-10-11-19-18-7-3-4-9-22(18)36(31(26)39-24)28(19)25(16)20;1-2/h3-12H,1-2H3;1-2H3. The van der Waals surface area contributed by atoms with Crippen molar-refractivity contribution in [2.75, 3.05) is 0 Å². The van der Waals surface area contributed by atoms with E-state index in [1.165, 1.54) is 56.3 Å². The fourth-order valence-corrected chi connectivity index (χ4v) is 13.1. The van der Waals surface area contributed by atoms with E-state index in [9.17, 15) is 15.8 Å². The van der Waals surface area contributed by atoms with Crippen LogP contribution in [0.5, 0.6) is 0 Å². The Hall–Kier alpha value is -4.27. The number of aromatic nitrogens is 1. The van der Waals surface area contributed by atoms with Crippen molar-refractivity contribution in [2.45, 2.75) is 33.3 Å². The molecule has 5 heterocycles. The summed E-state index contributed by atoms with van der Waals surface area (Å²) in [6.45, 7) is 7.82. The molecular weight excluding hydrogens is 638 g/mol. The van der Waals surface area contributed by atoms with Gasteiger partial charge < -0.3 is 0 Å². The van der Waals surface area contributed by atoms with Crippen molar-refractivity contribution in [3.05, 3.63) is 82.0 Å². The molecule has 7 aromatic rings. The monoisotopic (exact) mass is 662 g/mol. The second kappa shape index (κ2) is 9.12. The van der Waals surface area contributed by atoms with Gasteiger partial charge in [0.2, 0.25) is 0 Å². The molecular formula is C34H22N4OSe2. The predicted octanol–water partition coefficient (Wildman–Crippen LogP) is 7.67. The van der Waals surface area contributed by atoms with Gasteiger partial charge in [0.1, 0.15) is 0 Å². The van der Waals surface area contributed by atoms with Crippen LogP contribution in [0.3, 0.4) is 0 Å². The molecule has 1 aliphatic rings. The van der Waals surface area contributed by atoms with Crippen LogP contribution < -0.4 is 0 Å². The van der Waals surface area contributed by atoms with Gasteiger partial charge in [-0.2, -0.15) is 0 Å². The van der Waals surface area contributed by atoms with Crippen LogP contribution in [0.4, 0.5) is 0 Å². The Kier molecular flexibility index (Phi) is 5.71. The number of benzene rings is 3. The van der Waals surface area contributed by atoms with E-state index < -0.39 is 5.60 Å². The number of nitrogens with zero attached hydrogens (tertiary/aromatic N) is 4. The van der Waals surface area contributed by atoms with Crippen LogP contribution in [-0.4, -0.2) is 39.0 Å². The van der Waals surface area contributed by atoms with E-state index in [1.54, 1.807) is 0 Å². The van der Waals surface area contributed by atoms with Crippen molar-refractivity contribution in [1.82, 2.24) is 4.40 Å². The first-order valence-corrected chi connectivity index (χ1v) is 16.8. The van der Waals surface area contributed by atoms with Crippen LogP contribution in [0.15, 0.2) is 77.6 Å². The van der Waals surface area contributed by atoms with Crippen LogP contribution in [0.25, 0.3) is 61.8 Å². The minimum absolute atomic E-state index is 0.0579. The average Bonchev–Trinajstić information content (AvgIpc) is 3.71. The van der Waals surface area contributed by atoms with Crippen molar-refractivity contribution < 1.29 is 4.74 Å². The number of fused-ring (bicyclic) bond motifs is 8. The van der Waals surface area contributed by atoms with Gasteiger partial charge in [-0.1, -0.05) is 13.8 Å². The molecule has 7 heteroatoms. The van der Waals surface area contributed by atoms with Crippen LogP contribution in [-0.2, 0) is 4.74 Å². The van der Waals surface area contributed by atoms with E-state index in [4.69, 9.17) is 4.74 Å². The molecule has 0 N–H and O–H groups in total. The summed E-state index contributed by atoms with van der Waals surface area (Å²) in [5, 5.41) is 36.8. The molecule has 0 atom stereocenters. The zero-order valence-electron chi connectivity index (χ0n) is 22.8. The Balaban J connectivity index is 0.00000135. The zero-order valence-corrected chi connectivity index (χ0v) is 26.2. The Morgan fingerprint density at radius 3 is 2.37 bits per heavy atom. The Morgan fingerprint density at radius 2 is 1.61 bits per heavy atom. The van der Waals surface area contributed by atoms with Crippen molar-refractivity contribution in [3.63, 3.8) is 0 Å². The molecule has 0 aliphatic carbocycles. The molecule has 8 rings (SSSR count). The van der Waals surface area contributed by atoms with E-state index in [2.05, 4.69) is 71.1 Å². The summed E-state index contributed by atoms with van der Waals surface area (Å²) in [5.41, 5.74) is 2.70. The van der Waals surface area contributed by atoms with Gasteiger partial charge in [-0.15, -0.1) is 0 Å². The molecule has 3 aromatic carbocycles. The summed E-state index contributed by atoms with van der Waals surface area (Å²) in [6.07, 6.45) is 0. The predicted molar refractivity (Wildman–Crippen MR) is 167 cm³/mol. The molecule has 196 valence electrons. The van der Waals surface area contributed by atoms with Crippen molar-refractivity contribution >= 4 is 90.8 Å². The van der Waals surface area contributed by atoms with Gasteiger partial charge in [-0.25, -0.2) is 0 Å². The van der Waals surface area contributed by atoms with Crippen molar-refractivity contribution in [2.24, 2.45) is 0 Å². The minimum atomic E-state index is -0.807. The number of allylic oxidation sites excluding steroid dienone is 2. The van der Waals surface area contributed by atoms with E-state index in [0.717, 1.165) is 10.0 Å². The first kappa shape index (κ1) is 25.7. The normalized spacial score (nSPS) is 14.5. The number of rotatable bonds is 1. The van der Waals surface area contributed by atoms with E-state index in [-0.39, 0.29) is 40.3 Å². The summed E-state index contributed by atoms with van der Waals surface area (Å²) in [5.74, 6) is 0.106. The third kappa shape index (κ3) is 3.32. The number of hydrogen-bond acceptors (Lipinski definition) is 4. The van der Waals surface area contributed by atoms with E-state index in [1.807, 2.05) is 39.8 Å². The van der Waals surface area contributed by atoms with E-state index >= 15 is 0 Å². The van der Waals surface area contributed by atoms with Crippen molar-refractivity contribution in [1.29, 1.82) is 15.8 Å². The van der Waals surface area contributed by atoms with Gasteiger partial charge in [0.05, 0.1) is 0 Å². The Labute approximate surface area is 248 Å². The third-order valence-corrected chi connectivity index (χ3v) is 13.2. The summed E-state index contributed by atoms with van der Waals surface area (Å²) in [6, 6.07) is 28.1. The molecule has 0 fully saturated rings. The van der Waals surface area contributed by atoms with E-state index in [0.29, 0.717) is 5.57 Å². The quantitative estimate of drug-likeness (QED) is 0.134. The van der Waals surface area contributed by atoms with Crippen LogP contribution >= 0.6 is 0 Å². The fourth-order valence-electron chi connectivity index (χ4n) is 6.24.